The number of benzene rings is 2. The van der Waals surface area contributed by atoms with Crippen LogP contribution in [-0.2, 0) is 16.2 Å². The lowest BCUT2D eigenvalue weighted by atomic mass is 10.0. The second-order valence-electron chi connectivity index (χ2n) is 7.49. The van der Waals surface area contributed by atoms with Crippen LogP contribution in [0.25, 0.3) is 0 Å². The van der Waals surface area contributed by atoms with E-state index in [0.717, 1.165) is 18.4 Å². The third-order valence-corrected chi connectivity index (χ3v) is 5.03. The monoisotopic (exact) mass is 395 g/mol. The molecule has 1 saturated carbocycles. The predicted octanol–water partition coefficient (Wildman–Crippen LogP) is 2.87. The van der Waals surface area contributed by atoms with Crippen LogP contribution in [-0.4, -0.2) is 41.6 Å². The lowest BCUT2D eigenvalue weighted by Crippen LogP contribution is -2.36. The standard InChI is InChI=1S/C22H22FN3O3/c1-26(13-14-5-7-15(8-6-14)21(27)24-18-9-10-18)22(28)20-12-19(25-29-20)16-3-2-4-17(23)11-16/h2-8,11,18,20H,9-10,12-13H2,1H3,(H,24,27). The summed E-state index contributed by atoms with van der Waals surface area (Å²) in [6.45, 7) is 0.387. The first-order valence-corrected chi connectivity index (χ1v) is 9.63. The third-order valence-electron chi connectivity index (χ3n) is 5.03. The molecule has 2 aromatic carbocycles. The molecule has 2 amide bonds. The number of carbonyl (C=O) groups is 2. The Bertz CT molecular complexity index is 954. The fourth-order valence-electron chi connectivity index (χ4n) is 3.20. The molecular weight excluding hydrogens is 373 g/mol. The summed E-state index contributed by atoms with van der Waals surface area (Å²) in [6, 6.07) is 13.6. The van der Waals surface area contributed by atoms with Gasteiger partial charge in [-0.3, -0.25) is 9.59 Å². The van der Waals surface area contributed by atoms with Gasteiger partial charge < -0.3 is 15.1 Å². The van der Waals surface area contributed by atoms with E-state index in [9.17, 15) is 14.0 Å². The fourth-order valence-corrected chi connectivity index (χ4v) is 3.20. The maximum atomic E-state index is 13.4. The van der Waals surface area contributed by atoms with E-state index in [2.05, 4.69) is 10.5 Å². The number of amides is 2. The highest BCUT2D eigenvalue weighted by Crippen LogP contribution is 2.21. The molecule has 1 fully saturated rings. The molecule has 0 bridgehead atoms. The molecule has 1 atom stereocenters. The summed E-state index contributed by atoms with van der Waals surface area (Å²) in [5.74, 6) is -0.619. The van der Waals surface area contributed by atoms with Gasteiger partial charge in [-0.05, 0) is 42.7 Å². The van der Waals surface area contributed by atoms with E-state index >= 15 is 0 Å². The van der Waals surface area contributed by atoms with Crippen molar-refractivity contribution in [1.82, 2.24) is 10.2 Å². The van der Waals surface area contributed by atoms with Crippen LogP contribution < -0.4 is 5.32 Å². The highest BCUT2D eigenvalue weighted by Gasteiger charge is 2.31. The Labute approximate surface area is 168 Å². The zero-order chi connectivity index (χ0) is 20.4. The van der Waals surface area contributed by atoms with Gasteiger partial charge in [0.1, 0.15) is 5.82 Å². The Morgan fingerprint density at radius 2 is 1.97 bits per heavy atom. The molecule has 1 heterocycles. The number of halogens is 1. The largest absolute Gasteiger partial charge is 0.382 e. The average Bonchev–Trinajstić information content (AvgIpc) is 3.39. The molecule has 1 N–H and O–H groups in total. The van der Waals surface area contributed by atoms with E-state index in [4.69, 9.17) is 4.84 Å². The maximum absolute atomic E-state index is 13.4. The number of oxime groups is 1. The van der Waals surface area contributed by atoms with E-state index in [1.165, 1.54) is 12.1 Å². The van der Waals surface area contributed by atoms with Crippen molar-refractivity contribution in [3.63, 3.8) is 0 Å². The van der Waals surface area contributed by atoms with Crippen LogP contribution in [0.5, 0.6) is 0 Å². The van der Waals surface area contributed by atoms with E-state index in [0.29, 0.717) is 35.8 Å². The molecule has 1 aliphatic carbocycles. The summed E-state index contributed by atoms with van der Waals surface area (Å²) < 4.78 is 13.4. The van der Waals surface area contributed by atoms with Crippen molar-refractivity contribution in [2.24, 2.45) is 5.16 Å². The second-order valence-corrected chi connectivity index (χ2v) is 7.49. The fraction of sp³-hybridized carbons (Fsp3) is 0.318. The van der Waals surface area contributed by atoms with Gasteiger partial charge >= 0.3 is 0 Å². The summed E-state index contributed by atoms with van der Waals surface area (Å²) in [6.07, 6.45) is 1.67. The number of likely N-dealkylation sites (N-methyl/N-ethyl adjacent to an activating group) is 1. The molecule has 1 aliphatic heterocycles. The second kappa shape index (κ2) is 8.03. The van der Waals surface area contributed by atoms with Crippen LogP contribution in [0, 0.1) is 5.82 Å². The van der Waals surface area contributed by atoms with Crippen molar-refractivity contribution in [3.05, 3.63) is 71.0 Å². The molecule has 7 heteroatoms. The number of hydrogen-bond donors (Lipinski definition) is 1. The molecule has 0 spiro atoms. The van der Waals surface area contributed by atoms with Gasteiger partial charge in [0.15, 0.2) is 0 Å². The predicted molar refractivity (Wildman–Crippen MR) is 106 cm³/mol. The van der Waals surface area contributed by atoms with Crippen molar-refractivity contribution in [3.8, 4) is 0 Å². The first kappa shape index (κ1) is 19.1. The third kappa shape index (κ3) is 4.62. The average molecular weight is 395 g/mol. The molecule has 0 radical (unpaired) electrons. The molecule has 2 aromatic rings. The number of hydrogen-bond acceptors (Lipinski definition) is 4. The lowest BCUT2D eigenvalue weighted by Gasteiger charge is -2.20. The summed E-state index contributed by atoms with van der Waals surface area (Å²) in [7, 11) is 1.69. The maximum Gasteiger partial charge on any atom is 0.266 e. The zero-order valence-corrected chi connectivity index (χ0v) is 16.1. The molecule has 150 valence electrons. The van der Waals surface area contributed by atoms with Gasteiger partial charge in [0.25, 0.3) is 11.8 Å². The van der Waals surface area contributed by atoms with Crippen LogP contribution in [0.1, 0.15) is 40.7 Å². The van der Waals surface area contributed by atoms with Crippen molar-refractivity contribution in [2.45, 2.75) is 38.0 Å². The molecule has 0 saturated heterocycles. The molecular formula is C22H22FN3O3. The van der Waals surface area contributed by atoms with Crippen molar-refractivity contribution >= 4 is 17.5 Å². The minimum atomic E-state index is -0.720. The smallest absolute Gasteiger partial charge is 0.266 e. The molecule has 4 rings (SSSR count). The van der Waals surface area contributed by atoms with Gasteiger partial charge in [-0.1, -0.05) is 29.4 Å². The van der Waals surface area contributed by atoms with Gasteiger partial charge in [0.2, 0.25) is 6.10 Å². The van der Waals surface area contributed by atoms with Crippen LogP contribution in [0.4, 0.5) is 4.39 Å². The Morgan fingerprint density at radius 3 is 2.66 bits per heavy atom. The quantitative estimate of drug-likeness (QED) is 0.818. The normalized spacial score (nSPS) is 18.0. The molecule has 6 nitrogen and oxygen atoms in total. The van der Waals surface area contributed by atoms with Crippen molar-refractivity contribution in [1.29, 1.82) is 0 Å². The first-order chi connectivity index (χ1) is 14.0. The Kier molecular flexibility index (Phi) is 5.29. The van der Waals surface area contributed by atoms with Crippen molar-refractivity contribution < 1.29 is 18.8 Å². The van der Waals surface area contributed by atoms with Gasteiger partial charge in [0, 0.05) is 37.2 Å². The van der Waals surface area contributed by atoms with E-state index in [1.807, 2.05) is 12.1 Å². The van der Waals surface area contributed by atoms with Crippen LogP contribution in [0.15, 0.2) is 53.7 Å². The molecule has 1 unspecified atom stereocenters. The summed E-state index contributed by atoms with van der Waals surface area (Å²) >= 11 is 0. The van der Waals surface area contributed by atoms with Gasteiger partial charge in [-0.25, -0.2) is 4.39 Å². The Morgan fingerprint density at radius 1 is 1.21 bits per heavy atom. The van der Waals surface area contributed by atoms with E-state index in [1.54, 1.807) is 36.2 Å². The highest BCUT2D eigenvalue weighted by atomic mass is 19.1. The van der Waals surface area contributed by atoms with Crippen LogP contribution >= 0.6 is 0 Å². The Balaban J connectivity index is 1.32. The number of rotatable bonds is 6. The summed E-state index contributed by atoms with van der Waals surface area (Å²) in [5, 5.41) is 6.91. The van der Waals surface area contributed by atoms with Crippen molar-refractivity contribution in [2.75, 3.05) is 7.05 Å². The first-order valence-electron chi connectivity index (χ1n) is 9.63. The number of nitrogens with one attached hydrogen (secondary N) is 1. The van der Waals surface area contributed by atoms with E-state index in [-0.39, 0.29) is 17.6 Å². The highest BCUT2D eigenvalue weighted by molar-refractivity contribution is 6.04. The molecule has 29 heavy (non-hydrogen) atoms. The lowest BCUT2D eigenvalue weighted by molar-refractivity contribution is -0.141. The van der Waals surface area contributed by atoms with Crippen LogP contribution in [0.2, 0.25) is 0 Å². The minimum absolute atomic E-state index is 0.0649. The minimum Gasteiger partial charge on any atom is -0.382 e. The SMILES string of the molecule is CN(Cc1ccc(C(=O)NC2CC2)cc1)C(=O)C1CC(c2cccc(F)c2)=NO1. The Hall–Kier alpha value is -3.22. The zero-order valence-electron chi connectivity index (χ0n) is 16.1. The van der Waals surface area contributed by atoms with E-state index < -0.39 is 6.10 Å². The molecule has 2 aliphatic rings. The molecule has 0 aromatic heterocycles. The van der Waals surface area contributed by atoms with Gasteiger partial charge in [-0.15, -0.1) is 0 Å². The topological polar surface area (TPSA) is 71.0 Å². The summed E-state index contributed by atoms with van der Waals surface area (Å²) in [4.78, 5) is 31.6. The van der Waals surface area contributed by atoms with Gasteiger partial charge in [-0.2, -0.15) is 0 Å². The summed E-state index contributed by atoms with van der Waals surface area (Å²) in [5.41, 5.74) is 2.69. The number of nitrogens with zero attached hydrogens (tertiary/aromatic N) is 2. The van der Waals surface area contributed by atoms with Crippen LogP contribution in [0.3, 0.4) is 0 Å². The van der Waals surface area contributed by atoms with Gasteiger partial charge in [0.05, 0.1) is 5.71 Å². The number of carbonyl (C=O) groups excluding carboxylic acids is 2.